The van der Waals surface area contributed by atoms with E-state index in [0.717, 1.165) is 0 Å². The Hall–Kier alpha value is -2.15. The molecule has 2 heterocycles. The maximum absolute atomic E-state index is 13.0. The van der Waals surface area contributed by atoms with Crippen LogP contribution in [0.4, 0.5) is 5.69 Å². The second kappa shape index (κ2) is 5.94. The lowest BCUT2D eigenvalue weighted by Crippen LogP contribution is -2.54. The van der Waals surface area contributed by atoms with Gasteiger partial charge in [-0.05, 0) is 30.8 Å². The smallest absolute Gasteiger partial charge is 0.256 e. The molecule has 0 unspecified atom stereocenters. The van der Waals surface area contributed by atoms with Gasteiger partial charge in [-0.25, -0.2) is 0 Å². The highest BCUT2D eigenvalue weighted by molar-refractivity contribution is 6.35. The van der Waals surface area contributed by atoms with Gasteiger partial charge in [0.05, 0.1) is 5.92 Å². The average molecular weight is 392 g/mol. The molecule has 3 atom stereocenters. The van der Waals surface area contributed by atoms with Gasteiger partial charge in [0.2, 0.25) is 0 Å². The second-order valence-electron chi connectivity index (χ2n) is 6.65. The van der Waals surface area contributed by atoms with Crippen LogP contribution in [0.5, 0.6) is 0 Å². The van der Waals surface area contributed by atoms with Gasteiger partial charge in [0.1, 0.15) is 0 Å². The first kappa shape index (κ1) is 17.3. The third-order valence-corrected chi connectivity index (χ3v) is 5.97. The molecule has 2 aliphatic rings. The van der Waals surface area contributed by atoms with Gasteiger partial charge in [-0.3, -0.25) is 19.8 Å². The fourth-order valence-electron chi connectivity index (χ4n) is 4.36. The van der Waals surface area contributed by atoms with Crippen molar-refractivity contribution in [3.05, 3.63) is 73.8 Å². The summed E-state index contributed by atoms with van der Waals surface area (Å²) in [4.78, 5) is 26.5. The normalized spacial score (nSPS) is 27.6. The highest BCUT2D eigenvalue weighted by atomic mass is 35.5. The van der Waals surface area contributed by atoms with E-state index in [2.05, 4.69) is 5.32 Å². The number of amides is 1. The summed E-state index contributed by atoms with van der Waals surface area (Å²) in [6.45, 7) is 0.328. The predicted molar refractivity (Wildman–Crippen MR) is 99.4 cm³/mol. The van der Waals surface area contributed by atoms with Gasteiger partial charge < -0.3 is 5.32 Å². The molecule has 1 N–H and O–H groups in total. The molecular formula is C18H15Cl2N3O3. The van der Waals surface area contributed by atoms with Crippen molar-refractivity contribution in [3.8, 4) is 0 Å². The molecular weight excluding hydrogens is 377 g/mol. The Kier molecular flexibility index (Phi) is 3.95. The van der Waals surface area contributed by atoms with E-state index >= 15 is 0 Å². The Morgan fingerprint density at radius 3 is 2.69 bits per heavy atom. The summed E-state index contributed by atoms with van der Waals surface area (Å²) < 4.78 is 0. The fraction of sp³-hybridized carbons (Fsp3) is 0.278. The van der Waals surface area contributed by atoms with E-state index in [1.54, 1.807) is 54.4 Å². The zero-order chi connectivity index (χ0) is 18.6. The Morgan fingerprint density at radius 1 is 1.27 bits per heavy atom. The molecule has 2 aromatic carbocycles. The van der Waals surface area contributed by atoms with E-state index in [1.165, 1.54) is 0 Å². The first-order valence-corrected chi connectivity index (χ1v) is 8.83. The number of likely N-dealkylation sites (N-methyl/N-ethyl adjacent to an activating group) is 1. The van der Waals surface area contributed by atoms with E-state index in [4.69, 9.17) is 23.2 Å². The maximum atomic E-state index is 13.0. The molecule has 1 saturated heterocycles. The Labute approximate surface area is 159 Å². The number of carbonyl (C=O) groups excluding carboxylic acids is 1. The standard InChI is InChI=1S/C18H15Cl2N3O3/c1-22-9-12(11-7-6-10(19)8-14(11)20)16(23(25)26)18(22)13-4-2-3-5-15(13)21-17(18)24/h2-8,12,16H,9H2,1H3,(H,21,24)/t12-,16+,18-/m1/s1. The first-order chi connectivity index (χ1) is 12.4. The summed E-state index contributed by atoms with van der Waals surface area (Å²) in [5.41, 5.74) is 0.493. The monoisotopic (exact) mass is 391 g/mol. The van der Waals surface area contributed by atoms with Crippen LogP contribution < -0.4 is 5.32 Å². The summed E-state index contributed by atoms with van der Waals surface area (Å²) in [7, 11) is 1.74. The van der Waals surface area contributed by atoms with Crippen LogP contribution in [-0.4, -0.2) is 35.4 Å². The number of carbonyl (C=O) groups is 1. The molecule has 1 spiro atoms. The van der Waals surface area contributed by atoms with Gasteiger partial charge >= 0.3 is 0 Å². The third-order valence-electron chi connectivity index (χ3n) is 5.40. The summed E-state index contributed by atoms with van der Waals surface area (Å²) in [5, 5.41) is 15.8. The Bertz CT molecular complexity index is 936. The third kappa shape index (κ3) is 2.19. The quantitative estimate of drug-likeness (QED) is 0.627. The van der Waals surface area contributed by atoms with Gasteiger partial charge in [-0.2, -0.15) is 0 Å². The molecule has 134 valence electrons. The van der Waals surface area contributed by atoms with E-state index < -0.39 is 17.5 Å². The minimum absolute atomic E-state index is 0.328. The number of benzene rings is 2. The molecule has 0 bridgehead atoms. The minimum Gasteiger partial charge on any atom is -0.324 e. The first-order valence-electron chi connectivity index (χ1n) is 8.08. The summed E-state index contributed by atoms with van der Waals surface area (Å²) in [5.74, 6) is -0.924. The topological polar surface area (TPSA) is 75.5 Å². The number of anilines is 1. The van der Waals surface area contributed by atoms with E-state index in [9.17, 15) is 14.9 Å². The van der Waals surface area contributed by atoms with Crippen molar-refractivity contribution in [3.63, 3.8) is 0 Å². The summed E-state index contributed by atoms with van der Waals surface area (Å²) >= 11 is 12.3. The van der Waals surface area contributed by atoms with Crippen molar-refractivity contribution < 1.29 is 9.72 Å². The van der Waals surface area contributed by atoms with Crippen molar-refractivity contribution in [2.75, 3.05) is 18.9 Å². The van der Waals surface area contributed by atoms with Crippen molar-refractivity contribution >= 4 is 34.8 Å². The fourth-order valence-corrected chi connectivity index (χ4v) is 4.91. The number of nitrogens with zero attached hydrogens (tertiary/aromatic N) is 2. The van der Waals surface area contributed by atoms with Crippen LogP contribution in [0, 0.1) is 10.1 Å². The number of para-hydroxylation sites is 1. The van der Waals surface area contributed by atoms with Crippen molar-refractivity contribution in [1.29, 1.82) is 0 Å². The van der Waals surface area contributed by atoms with Gasteiger partial charge in [0.15, 0.2) is 5.54 Å². The number of rotatable bonds is 2. The Balaban J connectivity index is 1.92. The molecule has 0 aliphatic carbocycles. The van der Waals surface area contributed by atoms with Crippen LogP contribution in [0.15, 0.2) is 42.5 Å². The number of halogens is 2. The molecule has 8 heteroatoms. The van der Waals surface area contributed by atoms with Crippen LogP contribution in [-0.2, 0) is 10.3 Å². The number of nitrogens with one attached hydrogen (secondary N) is 1. The van der Waals surface area contributed by atoms with E-state index in [-0.39, 0.29) is 10.8 Å². The summed E-state index contributed by atoms with van der Waals surface area (Å²) in [6.07, 6.45) is 0. The highest BCUT2D eigenvalue weighted by Crippen LogP contribution is 2.52. The molecule has 0 saturated carbocycles. The average Bonchev–Trinajstić information content (AvgIpc) is 3.04. The lowest BCUT2D eigenvalue weighted by Gasteiger charge is -2.30. The second-order valence-corrected chi connectivity index (χ2v) is 7.49. The minimum atomic E-state index is -1.37. The maximum Gasteiger partial charge on any atom is 0.256 e. The lowest BCUT2D eigenvalue weighted by molar-refractivity contribution is -0.534. The lowest BCUT2D eigenvalue weighted by atomic mass is 9.79. The van der Waals surface area contributed by atoms with E-state index in [0.29, 0.717) is 33.4 Å². The van der Waals surface area contributed by atoms with Gasteiger partial charge in [-0.15, -0.1) is 0 Å². The van der Waals surface area contributed by atoms with Crippen molar-refractivity contribution in [2.24, 2.45) is 0 Å². The number of nitro groups is 1. The van der Waals surface area contributed by atoms with Crippen LogP contribution in [0.1, 0.15) is 17.0 Å². The predicted octanol–water partition coefficient (Wildman–Crippen LogP) is 3.52. The summed E-state index contributed by atoms with van der Waals surface area (Å²) in [6, 6.07) is 10.9. The largest absolute Gasteiger partial charge is 0.324 e. The number of hydrogen-bond donors (Lipinski definition) is 1. The molecule has 2 aromatic rings. The molecule has 1 amide bonds. The van der Waals surface area contributed by atoms with Crippen LogP contribution in [0.25, 0.3) is 0 Å². The van der Waals surface area contributed by atoms with Gasteiger partial charge in [0, 0.05) is 32.8 Å². The number of hydrogen-bond acceptors (Lipinski definition) is 4. The molecule has 4 rings (SSSR count). The molecule has 26 heavy (non-hydrogen) atoms. The van der Waals surface area contributed by atoms with Crippen LogP contribution in [0.3, 0.4) is 0 Å². The van der Waals surface area contributed by atoms with Crippen LogP contribution >= 0.6 is 23.2 Å². The molecule has 0 aromatic heterocycles. The molecule has 0 radical (unpaired) electrons. The zero-order valence-electron chi connectivity index (χ0n) is 13.8. The molecule has 2 aliphatic heterocycles. The highest BCUT2D eigenvalue weighted by Gasteiger charge is 2.68. The SMILES string of the molecule is CN1C[C@H](c2ccc(Cl)cc2Cl)[C@H]([N+](=O)[O-])[C@]12C(=O)Nc1ccccc12. The van der Waals surface area contributed by atoms with Crippen LogP contribution in [0.2, 0.25) is 10.0 Å². The Morgan fingerprint density at radius 2 is 2.00 bits per heavy atom. The zero-order valence-corrected chi connectivity index (χ0v) is 15.3. The van der Waals surface area contributed by atoms with Gasteiger partial charge in [0.25, 0.3) is 11.9 Å². The molecule has 1 fully saturated rings. The van der Waals surface area contributed by atoms with Gasteiger partial charge in [-0.1, -0.05) is 47.5 Å². The number of likely N-dealkylation sites (tertiary alicyclic amines) is 1. The molecule has 6 nitrogen and oxygen atoms in total. The number of fused-ring (bicyclic) bond motifs is 2. The van der Waals surface area contributed by atoms with Crippen molar-refractivity contribution in [2.45, 2.75) is 17.5 Å². The van der Waals surface area contributed by atoms with E-state index in [1.807, 2.05) is 0 Å². The van der Waals surface area contributed by atoms with Crippen molar-refractivity contribution in [1.82, 2.24) is 4.90 Å².